The number of aryl methyl sites for hydroxylation is 1. The van der Waals surface area contributed by atoms with Crippen LogP contribution in [0.4, 0.5) is 5.00 Å². The molecule has 2 atom stereocenters. The molecule has 3 N–H and O–H groups in total. The summed E-state index contributed by atoms with van der Waals surface area (Å²) >= 11 is 1.49. The van der Waals surface area contributed by atoms with Crippen molar-refractivity contribution in [3.8, 4) is 0 Å². The first-order valence-electron chi connectivity index (χ1n) is 8.06. The average molecular weight is 337 g/mol. The molecule has 1 aliphatic carbocycles. The summed E-state index contributed by atoms with van der Waals surface area (Å²) in [5.41, 5.74) is 7.07. The lowest BCUT2D eigenvalue weighted by Crippen LogP contribution is -2.48. The van der Waals surface area contributed by atoms with Crippen LogP contribution in [0, 0.1) is 0 Å². The van der Waals surface area contributed by atoms with Gasteiger partial charge in [-0.15, -0.1) is 11.3 Å². The van der Waals surface area contributed by atoms with Crippen molar-refractivity contribution < 1.29 is 14.3 Å². The average Bonchev–Trinajstić information content (AvgIpc) is 2.96. The van der Waals surface area contributed by atoms with Gasteiger partial charge in [0.1, 0.15) is 5.00 Å². The summed E-state index contributed by atoms with van der Waals surface area (Å²) in [5, 5.41) is 3.51. The lowest BCUT2D eigenvalue weighted by molar-refractivity contribution is -0.121. The predicted molar refractivity (Wildman–Crippen MR) is 89.9 cm³/mol. The first kappa shape index (κ1) is 16.4. The monoisotopic (exact) mass is 337 g/mol. The van der Waals surface area contributed by atoms with Gasteiger partial charge in [0.15, 0.2) is 0 Å². The fourth-order valence-corrected chi connectivity index (χ4v) is 4.85. The van der Waals surface area contributed by atoms with Gasteiger partial charge in [0.2, 0.25) is 5.91 Å². The van der Waals surface area contributed by atoms with E-state index < -0.39 is 5.91 Å². The Morgan fingerprint density at radius 2 is 2.00 bits per heavy atom. The Morgan fingerprint density at radius 1 is 1.30 bits per heavy atom. The first-order valence-corrected chi connectivity index (χ1v) is 8.87. The molecule has 0 saturated carbocycles. The minimum atomic E-state index is -0.451. The van der Waals surface area contributed by atoms with Crippen molar-refractivity contribution in [1.29, 1.82) is 0 Å². The molecule has 7 heteroatoms. The zero-order valence-electron chi connectivity index (χ0n) is 13.6. The summed E-state index contributed by atoms with van der Waals surface area (Å²) in [7, 11) is 0. The number of morpholine rings is 1. The van der Waals surface area contributed by atoms with Crippen LogP contribution in [-0.4, -0.2) is 48.6 Å². The molecule has 3 rings (SSSR count). The second-order valence-corrected chi connectivity index (χ2v) is 7.53. The van der Waals surface area contributed by atoms with Gasteiger partial charge < -0.3 is 15.8 Å². The topological polar surface area (TPSA) is 84.7 Å². The summed E-state index contributed by atoms with van der Waals surface area (Å²) in [6.45, 7) is 5.80. The van der Waals surface area contributed by atoms with Gasteiger partial charge in [-0.05, 0) is 38.7 Å². The van der Waals surface area contributed by atoms with Crippen molar-refractivity contribution in [2.45, 2.75) is 45.3 Å². The largest absolute Gasteiger partial charge is 0.373 e. The second kappa shape index (κ2) is 6.59. The molecule has 0 radical (unpaired) electrons. The Kier molecular flexibility index (Phi) is 4.70. The number of fused-ring (bicyclic) bond motifs is 1. The number of nitrogens with one attached hydrogen (secondary N) is 1. The highest BCUT2D eigenvalue weighted by molar-refractivity contribution is 7.17. The Labute approximate surface area is 140 Å². The van der Waals surface area contributed by atoms with Crippen LogP contribution in [0.5, 0.6) is 0 Å². The number of nitrogens with two attached hydrogens (primary N) is 1. The number of amides is 2. The SMILES string of the molecule is C[C@H]1CN(CC(=O)Nc2sc3c(c2C(N)=O)CCC3)C[C@H](C)O1. The van der Waals surface area contributed by atoms with Crippen molar-refractivity contribution in [1.82, 2.24) is 4.90 Å². The molecule has 1 saturated heterocycles. The number of carbonyl (C=O) groups is 2. The van der Waals surface area contributed by atoms with E-state index in [2.05, 4.69) is 10.2 Å². The predicted octanol–water partition coefficient (Wildman–Crippen LogP) is 1.38. The van der Waals surface area contributed by atoms with Crippen LogP contribution in [-0.2, 0) is 22.4 Å². The normalized spacial score (nSPS) is 24.4. The van der Waals surface area contributed by atoms with Crippen LogP contribution < -0.4 is 11.1 Å². The molecule has 1 aliphatic heterocycles. The van der Waals surface area contributed by atoms with Gasteiger partial charge in [0, 0.05) is 18.0 Å². The van der Waals surface area contributed by atoms with E-state index >= 15 is 0 Å². The van der Waals surface area contributed by atoms with E-state index in [-0.39, 0.29) is 18.1 Å². The summed E-state index contributed by atoms with van der Waals surface area (Å²) < 4.78 is 5.68. The molecule has 2 heterocycles. The summed E-state index contributed by atoms with van der Waals surface area (Å²) in [5.74, 6) is -0.554. The van der Waals surface area contributed by atoms with Crippen LogP contribution in [0.15, 0.2) is 0 Å². The molecule has 1 fully saturated rings. The Balaban J connectivity index is 1.68. The van der Waals surface area contributed by atoms with Crippen LogP contribution in [0.3, 0.4) is 0 Å². The highest BCUT2D eigenvalue weighted by Crippen LogP contribution is 2.38. The number of nitrogens with zero attached hydrogens (tertiary/aromatic N) is 1. The highest BCUT2D eigenvalue weighted by atomic mass is 32.1. The Bertz CT molecular complexity index is 618. The third kappa shape index (κ3) is 3.57. The maximum Gasteiger partial charge on any atom is 0.251 e. The number of rotatable bonds is 4. The van der Waals surface area contributed by atoms with E-state index in [4.69, 9.17) is 10.5 Å². The van der Waals surface area contributed by atoms with E-state index in [1.807, 2.05) is 13.8 Å². The molecule has 0 spiro atoms. The van der Waals surface area contributed by atoms with Gasteiger partial charge in [-0.1, -0.05) is 0 Å². The Hall–Kier alpha value is -1.44. The maximum absolute atomic E-state index is 12.4. The van der Waals surface area contributed by atoms with E-state index in [0.29, 0.717) is 17.1 Å². The van der Waals surface area contributed by atoms with Crippen molar-refractivity contribution in [3.05, 3.63) is 16.0 Å². The smallest absolute Gasteiger partial charge is 0.251 e. The molecule has 2 aliphatic rings. The maximum atomic E-state index is 12.4. The van der Waals surface area contributed by atoms with Crippen LogP contribution in [0.1, 0.15) is 41.1 Å². The van der Waals surface area contributed by atoms with Gasteiger partial charge in [0.05, 0.1) is 24.3 Å². The quantitative estimate of drug-likeness (QED) is 0.869. The minimum absolute atomic E-state index is 0.103. The summed E-state index contributed by atoms with van der Waals surface area (Å²) in [6.07, 6.45) is 3.14. The van der Waals surface area contributed by atoms with Crippen molar-refractivity contribution in [3.63, 3.8) is 0 Å². The molecule has 126 valence electrons. The summed E-state index contributed by atoms with van der Waals surface area (Å²) in [4.78, 5) is 27.4. The number of carbonyl (C=O) groups excluding carboxylic acids is 2. The minimum Gasteiger partial charge on any atom is -0.373 e. The van der Waals surface area contributed by atoms with Gasteiger partial charge in [-0.3, -0.25) is 14.5 Å². The fraction of sp³-hybridized carbons (Fsp3) is 0.625. The van der Waals surface area contributed by atoms with E-state index in [0.717, 1.165) is 37.9 Å². The van der Waals surface area contributed by atoms with Crippen molar-refractivity contribution in [2.75, 3.05) is 25.0 Å². The van der Waals surface area contributed by atoms with Crippen LogP contribution in [0.2, 0.25) is 0 Å². The van der Waals surface area contributed by atoms with Crippen molar-refractivity contribution >= 4 is 28.2 Å². The zero-order chi connectivity index (χ0) is 16.6. The first-order chi connectivity index (χ1) is 10.9. The van der Waals surface area contributed by atoms with E-state index in [1.165, 1.54) is 16.2 Å². The molecule has 0 unspecified atom stereocenters. The van der Waals surface area contributed by atoms with Gasteiger partial charge in [0.25, 0.3) is 5.91 Å². The molecular formula is C16H23N3O3S. The number of ether oxygens (including phenoxy) is 1. The Morgan fingerprint density at radius 3 is 2.65 bits per heavy atom. The standard InChI is InChI=1S/C16H23N3O3S/c1-9-6-19(7-10(2)22-9)8-13(20)18-16-14(15(17)21)11-4-3-5-12(11)23-16/h9-10H,3-8H2,1-2H3,(H2,17,21)(H,18,20)/t9-,10-/m0/s1. The molecule has 0 aromatic carbocycles. The van der Waals surface area contributed by atoms with E-state index in [1.54, 1.807) is 0 Å². The van der Waals surface area contributed by atoms with Gasteiger partial charge in [-0.2, -0.15) is 0 Å². The lowest BCUT2D eigenvalue weighted by Gasteiger charge is -2.34. The van der Waals surface area contributed by atoms with E-state index in [9.17, 15) is 9.59 Å². The molecule has 23 heavy (non-hydrogen) atoms. The second-order valence-electron chi connectivity index (χ2n) is 6.43. The molecule has 1 aromatic rings. The number of hydrogen-bond acceptors (Lipinski definition) is 5. The van der Waals surface area contributed by atoms with Gasteiger partial charge >= 0.3 is 0 Å². The fourth-order valence-electron chi connectivity index (χ4n) is 3.54. The third-order valence-electron chi connectivity index (χ3n) is 4.28. The molecule has 6 nitrogen and oxygen atoms in total. The third-order valence-corrected chi connectivity index (χ3v) is 5.49. The summed E-state index contributed by atoms with van der Waals surface area (Å²) in [6, 6.07) is 0. The molecule has 0 bridgehead atoms. The number of anilines is 1. The lowest BCUT2D eigenvalue weighted by atomic mass is 10.1. The molecule has 2 amide bonds. The van der Waals surface area contributed by atoms with Crippen LogP contribution >= 0.6 is 11.3 Å². The molecule has 1 aromatic heterocycles. The zero-order valence-corrected chi connectivity index (χ0v) is 14.4. The van der Waals surface area contributed by atoms with Crippen LogP contribution in [0.25, 0.3) is 0 Å². The molecular weight excluding hydrogens is 314 g/mol. The highest BCUT2D eigenvalue weighted by Gasteiger charge is 2.27. The number of thiophene rings is 1. The number of hydrogen-bond donors (Lipinski definition) is 2. The van der Waals surface area contributed by atoms with Gasteiger partial charge in [-0.25, -0.2) is 0 Å². The van der Waals surface area contributed by atoms with Crippen molar-refractivity contribution in [2.24, 2.45) is 5.73 Å². The number of primary amides is 1.